The number of nitrogens with zero attached hydrogens (tertiary/aromatic N) is 1. The molecule has 0 aromatic heterocycles. The molecule has 5 heteroatoms. The van der Waals surface area contributed by atoms with Gasteiger partial charge in [-0.05, 0) is 19.8 Å². The molecule has 0 saturated carbocycles. The van der Waals surface area contributed by atoms with E-state index in [0.717, 1.165) is 6.29 Å². The third kappa shape index (κ3) is 5.67. The number of rotatable bonds is 5. The minimum absolute atomic E-state index is 0.0693. The first kappa shape index (κ1) is 10.9. The van der Waals surface area contributed by atoms with Gasteiger partial charge in [0.05, 0.1) is 5.54 Å². The molecule has 0 rings (SSSR count). The smallest absolute Gasteiger partial charge is 0.185 e. The van der Waals surface area contributed by atoms with E-state index in [4.69, 9.17) is 17.2 Å². The molecule has 0 fully saturated rings. The van der Waals surface area contributed by atoms with E-state index in [1.54, 1.807) is 6.92 Å². The topological polar surface area (TPSA) is 107 Å². The van der Waals surface area contributed by atoms with Crippen LogP contribution in [-0.2, 0) is 4.79 Å². The van der Waals surface area contributed by atoms with Gasteiger partial charge in [0, 0.05) is 6.54 Å². The Morgan fingerprint density at radius 2 is 2.17 bits per heavy atom. The molecule has 12 heavy (non-hydrogen) atoms. The Hall–Kier alpha value is -1.10. The lowest BCUT2D eigenvalue weighted by Gasteiger charge is -2.15. The second-order valence-electron chi connectivity index (χ2n) is 3.03. The summed E-state index contributed by atoms with van der Waals surface area (Å²) in [6.45, 7) is 2.19. The van der Waals surface area contributed by atoms with Crippen molar-refractivity contribution in [2.45, 2.75) is 25.3 Å². The van der Waals surface area contributed by atoms with Crippen LogP contribution >= 0.6 is 0 Å². The van der Waals surface area contributed by atoms with Gasteiger partial charge in [-0.1, -0.05) is 0 Å². The molecular formula is C7H16N4O. The molecule has 0 heterocycles. The average Bonchev–Trinajstić information content (AvgIpc) is 1.98. The van der Waals surface area contributed by atoms with E-state index in [-0.39, 0.29) is 5.96 Å². The quantitative estimate of drug-likeness (QED) is 0.213. The maximum atomic E-state index is 10.3. The molecule has 1 atom stereocenters. The summed E-state index contributed by atoms with van der Waals surface area (Å²) in [4.78, 5) is 14.1. The summed E-state index contributed by atoms with van der Waals surface area (Å²) < 4.78 is 0. The van der Waals surface area contributed by atoms with E-state index in [2.05, 4.69) is 4.99 Å². The van der Waals surface area contributed by atoms with Crippen LogP contribution in [0.3, 0.4) is 0 Å². The van der Waals surface area contributed by atoms with Crippen molar-refractivity contribution in [3.63, 3.8) is 0 Å². The Bertz CT molecular complexity index is 172. The zero-order valence-electron chi connectivity index (χ0n) is 7.29. The molecule has 0 saturated heterocycles. The highest BCUT2D eigenvalue weighted by Gasteiger charge is 2.15. The number of hydrogen-bond donors (Lipinski definition) is 3. The predicted octanol–water partition coefficient (Wildman–Crippen LogP) is -1.04. The molecule has 5 nitrogen and oxygen atoms in total. The third-order valence-electron chi connectivity index (χ3n) is 1.44. The van der Waals surface area contributed by atoms with Crippen LogP contribution < -0.4 is 17.2 Å². The maximum Gasteiger partial charge on any atom is 0.185 e. The van der Waals surface area contributed by atoms with Gasteiger partial charge in [0.15, 0.2) is 5.96 Å². The van der Waals surface area contributed by atoms with Crippen molar-refractivity contribution >= 4 is 12.2 Å². The van der Waals surface area contributed by atoms with Crippen molar-refractivity contribution in [1.29, 1.82) is 0 Å². The maximum absolute atomic E-state index is 10.3. The molecule has 0 spiro atoms. The molecule has 0 amide bonds. The van der Waals surface area contributed by atoms with Crippen molar-refractivity contribution in [3.8, 4) is 0 Å². The second-order valence-corrected chi connectivity index (χ2v) is 3.03. The summed E-state index contributed by atoms with van der Waals surface area (Å²) in [5.41, 5.74) is 15.0. The van der Waals surface area contributed by atoms with Crippen molar-refractivity contribution in [2.75, 3.05) is 6.54 Å². The van der Waals surface area contributed by atoms with Gasteiger partial charge in [-0.2, -0.15) is 0 Å². The fourth-order valence-corrected chi connectivity index (χ4v) is 0.727. The van der Waals surface area contributed by atoms with E-state index in [1.807, 2.05) is 0 Å². The van der Waals surface area contributed by atoms with Crippen LogP contribution in [0.5, 0.6) is 0 Å². The highest BCUT2D eigenvalue weighted by atomic mass is 16.1. The summed E-state index contributed by atoms with van der Waals surface area (Å²) in [6.07, 6.45) is 2.04. The zero-order valence-corrected chi connectivity index (χ0v) is 7.29. The molecule has 0 aliphatic rings. The average molecular weight is 172 g/mol. The van der Waals surface area contributed by atoms with Crippen molar-refractivity contribution in [1.82, 2.24) is 0 Å². The SMILES string of the molecule is C[C@@](N)(C=O)CCCN=C(N)N. The first-order chi connectivity index (χ1) is 5.48. The van der Waals surface area contributed by atoms with Crippen LogP contribution in [0.1, 0.15) is 19.8 Å². The van der Waals surface area contributed by atoms with Crippen LogP contribution in [0.4, 0.5) is 0 Å². The van der Waals surface area contributed by atoms with Gasteiger partial charge in [-0.3, -0.25) is 4.99 Å². The number of guanidine groups is 1. The van der Waals surface area contributed by atoms with Gasteiger partial charge in [-0.15, -0.1) is 0 Å². The highest BCUT2D eigenvalue weighted by Crippen LogP contribution is 2.04. The number of aldehydes is 1. The molecule has 70 valence electrons. The van der Waals surface area contributed by atoms with E-state index in [1.165, 1.54) is 0 Å². The van der Waals surface area contributed by atoms with E-state index in [9.17, 15) is 4.79 Å². The molecule has 6 N–H and O–H groups in total. The van der Waals surface area contributed by atoms with Gasteiger partial charge in [0.25, 0.3) is 0 Å². The van der Waals surface area contributed by atoms with Crippen molar-refractivity contribution in [3.05, 3.63) is 0 Å². The minimum atomic E-state index is -0.751. The van der Waals surface area contributed by atoms with Gasteiger partial charge < -0.3 is 22.0 Å². The van der Waals surface area contributed by atoms with E-state index >= 15 is 0 Å². The van der Waals surface area contributed by atoms with Crippen LogP contribution in [0, 0.1) is 0 Å². The summed E-state index contributed by atoms with van der Waals surface area (Å²) in [5, 5.41) is 0. The molecule has 0 aliphatic heterocycles. The predicted molar refractivity (Wildman–Crippen MR) is 48.6 cm³/mol. The molecule has 0 bridgehead atoms. The summed E-state index contributed by atoms with van der Waals surface area (Å²) >= 11 is 0. The largest absolute Gasteiger partial charge is 0.370 e. The number of aliphatic imine (C=N–C) groups is 1. The van der Waals surface area contributed by atoms with Crippen LogP contribution in [0.2, 0.25) is 0 Å². The Morgan fingerprint density at radius 1 is 1.58 bits per heavy atom. The number of hydrogen-bond acceptors (Lipinski definition) is 3. The fourth-order valence-electron chi connectivity index (χ4n) is 0.727. The molecule has 0 aromatic rings. The summed E-state index contributed by atoms with van der Waals surface area (Å²) in [7, 11) is 0. The lowest BCUT2D eigenvalue weighted by Crippen LogP contribution is -2.37. The number of carbonyl (C=O) groups excluding carboxylic acids is 1. The lowest BCUT2D eigenvalue weighted by molar-refractivity contribution is -0.111. The Labute approximate surface area is 72.0 Å². The Balaban J connectivity index is 3.57. The van der Waals surface area contributed by atoms with E-state index < -0.39 is 5.54 Å². The second kappa shape index (κ2) is 4.71. The molecule has 0 aromatic carbocycles. The first-order valence-corrected chi connectivity index (χ1v) is 3.78. The molecule has 0 radical (unpaired) electrons. The molecule has 0 aliphatic carbocycles. The van der Waals surface area contributed by atoms with Crippen LogP contribution in [0.25, 0.3) is 0 Å². The van der Waals surface area contributed by atoms with Crippen molar-refractivity contribution < 1.29 is 4.79 Å². The Morgan fingerprint density at radius 3 is 2.58 bits per heavy atom. The van der Waals surface area contributed by atoms with Gasteiger partial charge in [-0.25, -0.2) is 0 Å². The summed E-state index contributed by atoms with van der Waals surface area (Å²) in [5.74, 6) is 0.0693. The van der Waals surface area contributed by atoms with Gasteiger partial charge >= 0.3 is 0 Å². The fraction of sp³-hybridized carbons (Fsp3) is 0.714. The first-order valence-electron chi connectivity index (χ1n) is 3.78. The summed E-state index contributed by atoms with van der Waals surface area (Å²) in [6, 6.07) is 0. The van der Waals surface area contributed by atoms with Gasteiger partial charge in [0.2, 0.25) is 0 Å². The van der Waals surface area contributed by atoms with Crippen LogP contribution in [0.15, 0.2) is 4.99 Å². The third-order valence-corrected chi connectivity index (χ3v) is 1.44. The minimum Gasteiger partial charge on any atom is -0.370 e. The Kier molecular flexibility index (Phi) is 4.28. The van der Waals surface area contributed by atoms with Crippen LogP contribution in [-0.4, -0.2) is 24.3 Å². The monoisotopic (exact) mass is 172 g/mol. The van der Waals surface area contributed by atoms with Crippen molar-refractivity contribution in [2.24, 2.45) is 22.2 Å². The normalized spacial score (nSPS) is 14.8. The van der Waals surface area contributed by atoms with Gasteiger partial charge in [0.1, 0.15) is 6.29 Å². The lowest BCUT2D eigenvalue weighted by atomic mass is 10.00. The molecular weight excluding hydrogens is 156 g/mol. The number of carbonyl (C=O) groups is 1. The van der Waals surface area contributed by atoms with E-state index in [0.29, 0.717) is 19.4 Å². The number of nitrogens with two attached hydrogens (primary N) is 3. The molecule has 0 unspecified atom stereocenters. The highest BCUT2D eigenvalue weighted by molar-refractivity contribution is 5.75. The standard InChI is InChI=1S/C7H16N4O/c1-7(10,5-12)3-2-4-11-6(8)9/h5H,2-4,10H2,1H3,(H4,8,9,11)/t7-/m0/s1. The zero-order chi connectivity index (χ0) is 9.61.